The molecule has 0 spiro atoms. The number of aryl methyl sites for hydroxylation is 2. The maximum absolute atomic E-state index is 12.6. The van der Waals surface area contributed by atoms with Gasteiger partial charge < -0.3 is 10.2 Å². The number of nitrogens with one attached hydrogen (secondary N) is 1. The van der Waals surface area contributed by atoms with E-state index in [1.165, 1.54) is 6.92 Å². The molecule has 1 aromatic carbocycles. The number of nitrogens with zero attached hydrogens (tertiary/aromatic N) is 1. The lowest BCUT2D eigenvalue weighted by Gasteiger charge is -2.21. The molecule has 0 aromatic heterocycles. The van der Waals surface area contributed by atoms with Gasteiger partial charge in [-0.05, 0) is 25.3 Å². The molecule has 1 aromatic rings. The lowest BCUT2D eigenvalue weighted by Crippen LogP contribution is -2.38. The Balaban J connectivity index is 2.52. The van der Waals surface area contributed by atoms with Gasteiger partial charge in [0.1, 0.15) is 6.04 Å². The van der Waals surface area contributed by atoms with Gasteiger partial charge in [-0.15, -0.1) is 0 Å². The summed E-state index contributed by atoms with van der Waals surface area (Å²) < 4.78 is 0. The third-order valence-corrected chi connectivity index (χ3v) is 3.46. The summed E-state index contributed by atoms with van der Waals surface area (Å²) in [6, 6.07) is 3.54. The Morgan fingerprint density at radius 2 is 2.00 bits per heavy atom. The topological polar surface area (TPSA) is 49.4 Å². The molecule has 0 fully saturated rings. The second-order valence-corrected chi connectivity index (χ2v) is 6.00. The molecule has 1 aliphatic rings. The molecule has 2 rings (SSSR count). The molecule has 20 heavy (non-hydrogen) atoms. The minimum Gasteiger partial charge on any atom is -0.341 e. The van der Waals surface area contributed by atoms with Gasteiger partial charge in [0.15, 0.2) is 0 Å². The standard InChI is InChI=1S/C16H22N2O2/c1-9(2)8-18-15-11(4)6-10(3)7-13(15)14(16(18)20)17-12(5)19/h6-7,9,14H,8H2,1-5H3,(H,17,19)/t14-/m0/s1. The van der Waals surface area contributed by atoms with Crippen molar-refractivity contribution in [3.05, 3.63) is 28.8 Å². The third kappa shape index (κ3) is 2.55. The van der Waals surface area contributed by atoms with Crippen LogP contribution in [0.25, 0.3) is 0 Å². The highest BCUT2D eigenvalue weighted by Gasteiger charge is 2.39. The number of fused-ring (bicyclic) bond motifs is 1. The summed E-state index contributed by atoms with van der Waals surface area (Å²) in [4.78, 5) is 25.8. The highest BCUT2D eigenvalue weighted by molar-refractivity contribution is 6.07. The number of benzene rings is 1. The zero-order chi connectivity index (χ0) is 15.0. The van der Waals surface area contributed by atoms with E-state index in [-0.39, 0.29) is 11.8 Å². The number of anilines is 1. The molecule has 2 amide bonds. The highest BCUT2D eigenvalue weighted by Crippen LogP contribution is 2.39. The van der Waals surface area contributed by atoms with Crippen molar-refractivity contribution in [2.45, 2.75) is 40.7 Å². The average molecular weight is 274 g/mol. The summed E-state index contributed by atoms with van der Waals surface area (Å²) in [5.41, 5.74) is 4.08. The van der Waals surface area contributed by atoms with Gasteiger partial charge in [-0.25, -0.2) is 0 Å². The van der Waals surface area contributed by atoms with Gasteiger partial charge in [-0.2, -0.15) is 0 Å². The zero-order valence-corrected chi connectivity index (χ0v) is 12.8. The van der Waals surface area contributed by atoms with Crippen LogP contribution in [0.2, 0.25) is 0 Å². The second-order valence-electron chi connectivity index (χ2n) is 6.00. The summed E-state index contributed by atoms with van der Waals surface area (Å²) >= 11 is 0. The number of rotatable bonds is 3. The summed E-state index contributed by atoms with van der Waals surface area (Å²) in [7, 11) is 0. The minimum atomic E-state index is -0.542. The molecule has 0 saturated carbocycles. The van der Waals surface area contributed by atoms with E-state index in [1.54, 1.807) is 0 Å². The van der Waals surface area contributed by atoms with Crippen molar-refractivity contribution in [3.63, 3.8) is 0 Å². The van der Waals surface area contributed by atoms with Gasteiger partial charge >= 0.3 is 0 Å². The Morgan fingerprint density at radius 3 is 2.55 bits per heavy atom. The van der Waals surface area contributed by atoms with Gasteiger partial charge in [-0.3, -0.25) is 9.59 Å². The van der Waals surface area contributed by atoms with Crippen LogP contribution < -0.4 is 10.2 Å². The molecule has 1 aliphatic heterocycles. The predicted molar refractivity (Wildman–Crippen MR) is 79.7 cm³/mol. The van der Waals surface area contributed by atoms with Crippen LogP contribution in [-0.4, -0.2) is 18.4 Å². The van der Waals surface area contributed by atoms with Crippen molar-refractivity contribution in [1.82, 2.24) is 5.32 Å². The molecule has 1 atom stereocenters. The maximum Gasteiger partial charge on any atom is 0.254 e. The molecule has 0 bridgehead atoms. The number of carbonyl (C=O) groups excluding carboxylic acids is 2. The first-order valence-electron chi connectivity index (χ1n) is 7.01. The van der Waals surface area contributed by atoms with E-state index in [9.17, 15) is 9.59 Å². The summed E-state index contributed by atoms with van der Waals surface area (Å²) in [6.07, 6.45) is 0. The van der Waals surface area contributed by atoms with E-state index in [2.05, 4.69) is 25.2 Å². The molecule has 108 valence electrons. The Kier molecular flexibility index (Phi) is 3.84. The van der Waals surface area contributed by atoms with Gasteiger partial charge in [0.25, 0.3) is 5.91 Å². The Morgan fingerprint density at radius 1 is 1.35 bits per heavy atom. The Bertz CT molecular complexity index is 564. The van der Waals surface area contributed by atoms with Crippen molar-refractivity contribution < 1.29 is 9.59 Å². The normalized spacial score (nSPS) is 17.6. The first-order valence-corrected chi connectivity index (χ1v) is 7.01. The minimum absolute atomic E-state index is 0.0300. The molecular weight excluding hydrogens is 252 g/mol. The van der Waals surface area contributed by atoms with Crippen LogP contribution in [0.4, 0.5) is 5.69 Å². The summed E-state index contributed by atoms with van der Waals surface area (Å²) in [6.45, 7) is 10.3. The lowest BCUT2D eigenvalue weighted by molar-refractivity contribution is -0.126. The van der Waals surface area contributed by atoms with Gasteiger partial charge in [0, 0.05) is 19.0 Å². The van der Waals surface area contributed by atoms with E-state index in [4.69, 9.17) is 0 Å². The van der Waals surface area contributed by atoms with Crippen LogP contribution >= 0.6 is 0 Å². The van der Waals surface area contributed by atoms with Crippen LogP contribution in [0.1, 0.15) is 43.5 Å². The van der Waals surface area contributed by atoms with Gasteiger partial charge in [0.05, 0.1) is 5.69 Å². The maximum atomic E-state index is 12.6. The van der Waals surface area contributed by atoms with Crippen molar-refractivity contribution in [2.24, 2.45) is 5.92 Å². The quantitative estimate of drug-likeness (QED) is 0.920. The number of hydrogen-bond donors (Lipinski definition) is 1. The van der Waals surface area contributed by atoms with Crippen LogP contribution in [0, 0.1) is 19.8 Å². The lowest BCUT2D eigenvalue weighted by atomic mass is 10.0. The number of amides is 2. The van der Waals surface area contributed by atoms with Crippen molar-refractivity contribution >= 4 is 17.5 Å². The average Bonchev–Trinajstić information content (AvgIpc) is 2.53. The molecule has 1 heterocycles. The fraction of sp³-hybridized carbons (Fsp3) is 0.500. The SMILES string of the molecule is CC(=O)N[C@@H]1C(=O)N(CC(C)C)c2c(C)cc(C)cc21. The van der Waals surface area contributed by atoms with E-state index < -0.39 is 6.04 Å². The summed E-state index contributed by atoms with van der Waals surface area (Å²) in [5, 5.41) is 2.78. The van der Waals surface area contributed by atoms with E-state index >= 15 is 0 Å². The third-order valence-electron chi connectivity index (χ3n) is 3.46. The monoisotopic (exact) mass is 274 g/mol. The van der Waals surface area contributed by atoms with Crippen molar-refractivity contribution in [1.29, 1.82) is 0 Å². The Labute approximate surface area is 120 Å². The fourth-order valence-electron chi connectivity index (χ4n) is 2.87. The van der Waals surface area contributed by atoms with Crippen LogP contribution in [-0.2, 0) is 9.59 Å². The molecule has 4 nitrogen and oxygen atoms in total. The van der Waals surface area contributed by atoms with Crippen LogP contribution in [0.15, 0.2) is 12.1 Å². The first-order chi connectivity index (χ1) is 9.31. The van der Waals surface area contributed by atoms with Crippen molar-refractivity contribution in [2.75, 3.05) is 11.4 Å². The van der Waals surface area contributed by atoms with E-state index in [1.807, 2.05) is 24.8 Å². The first kappa shape index (κ1) is 14.6. The molecule has 0 radical (unpaired) electrons. The summed E-state index contributed by atoms with van der Waals surface area (Å²) in [5.74, 6) is 0.168. The largest absolute Gasteiger partial charge is 0.341 e. The van der Waals surface area contributed by atoms with Crippen LogP contribution in [0.3, 0.4) is 0 Å². The Hall–Kier alpha value is -1.84. The molecule has 0 unspecified atom stereocenters. The smallest absolute Gasteiger partial charge is 0.254 e. The highest BCUT2D eigenvalue weighted by atomic mass is 16.2. The van der Waals surface area contributed by atoms with Gasteiger partial charge in [0.2, 0.25) is 5.91 Å². The predicted octanol–water partition coefficient (Wildman–Crippen LogP) is 2.48. The second kappa shape index (κ2) is 5.27. The van der Waals surface area contributed by atoms with E-state index in [0.717, 1.165) is 22.4 Å². The molecule has 0 saturated heterocycles. The molecule has 4 heteroatoms. The van der Waals surface area contributed by atoms with Crippen molar-refractivity contribution in [3.8, 4) is 0 Å². The fourth-order valence-corrected chi connectivity index (χ4v) is 2.87. The number of carbonyl (C=O) groups is 2. The van der Waals surface area contributed by atoms with Crippen LogP contribution in [0.5, 0.6) is 0 Å². The molecule has 0 aliphatic carbocycles. The van der Waals surface area contributed by atoms with Gasteiger partial charge in [-0.1, -0.05) is 31.5 Å². The zero-order valence-electron chi connectivity index (χ0n) is 12.8. The molecule has 1 N–H and O–H groups in total. The molecular formula is C16H22N2O2. The number of hydrogen-bond acceptors (Lipinski definition) is 2. The van der Waals surface area contributed by atoms with E-state index in [0.29, 0.717) is 12.5 Å².